The summed E-state index contributed by atoms with van der Waals surface area (Å²) in [5.41, 5.74) is 0. The molecule has 1 aromatic rings. The first kappa shape index (κ1) is 9.51. The fourth-order valence-corrected chi connectivity index (χ4v) is 1.01. The number of carboxylic acids is 1. The third kappa shape index (κ3) is 3.55. The van der Waals surface area contributed by atoms with Crippen molar-refractivity contribution in [1.29, 1.82) is 0 Å². The van der Waals surface area contributed by atoms with Crippen LogP contribution < -0.4 is 5.32 Å². The molecule has 1 aromatic heterocycles. The van der Waals surface area contributed by atoms with Crippen molar-refractivity contribution in [2.45, 2.75) is 19.4 Å². The van der Waals surface area contributed by atoms with Gasteiger partial charge < -0.3 is 10.4 Å². The average molecular weight is 180 g/mol. The number of aromatic nitrogens is 1. The summed E-state index contributed by atoms with van der Waals surface area (Å²) in [5.74, 6) is -0.104. The maximum Gasteiger partial charge on any atom is 0.305 e. The fraction of sp³-hybridized carbons (Fsp3) is 0.333. The lowest BCUT2D eigenvalue weighted by Gasteiger charge is -2.11. The number of hydrogen-bond acceptors (Lipinski definition) is 3. The van der Waals surface area contributed by atoms with E-state index >= 15 is 0 Å². The Hall–Kier alpha value is -1.58. The van der Waals surface area contributed by atoms with E-state index in [4.69, 9.17) is 5.11 Å². The van der Waals surface area contributed by atoms with E-state index < -0.39 is 5.97 Å². The minimum atomic E-state index is -0.809. The van der Waals surface area contributed by atoms with Crippen molar-refractivity contribution in [2.24, 2.45) is 0 Å². The molecule has 1 rings (SSSR count). The summed E-state index contributed by atoms with van der Waals surface area (Å²) in [6, 6.07) is 5.36. The topological polar surface area (TPSA) is 62.2 Å². The number of anilines is 1. The Morgan fingerprint density at radius 1 is 1.69 bits per heavy atom. The van der Waals surface area contributed by atoms with Crippen LogP contribution in [-0.2, 0) is 4.79 Å². The second-order valence-electron chi connectivity index (χ2n) is 2.86. The van der Waals surface area contributed by atoms with Gasteiger partial charge in [-0.05, 0) is 19.1 Å². The number of pyridine rings is 1. The van der Waals surface area contributed by atoms with Gasteiger partial charge in [0.25, 0.3) is 0 Å². The molecule has 4 nitrogen and oxygen atoms in total. The zero-order chi connectivity index (χ0) is 9.68. The molecule has 0 aliphatic rings. The molecular formula is C9H12N2O2. The molecule has 70 valence electrons. The first-order valence-corrected chi connectivity index (χ1v) is 4.08. The largest absolute Gasteiger partial charge is 0.481 e. The summed E-state index contributed by atoms with van der Waals surface area (Å²) in [5, 5.41) is 11.5. The molecule has 0 saturated heterocycles. The van der Waals surface area contributed by atoms with Gasteiger partial charge in [-0.1, -0.05) is 6.07 Å². The lowest BCUT2D eigenvalue weighted by molar-refractivity contribution is -0.137. The predicted octanol–water partition coefficient (Wildman–Crippen LogP) is 1.36. The predicted molar refractivity (Wildman–Crippen MR) is 49.6 cm³/mol. The average Bonchev–Trinajstić information content (AvgIpc) is 2.04. The van der Waals surface area contributed by atoms with Gasteiger partial charge in [0.1, 0.15) is 5.82 Å². The number of aliphatic carboxylic acids is 1. The lowest BCUT2D eigenvalue weighted by atomic mass is 10.2. The Balaban J connectivity index is 2.45. The number of carbonyl (C=O) groups is 1. The van der Waals surface area contributed by atoms with Crippen LogP contribution in [0.5, 0.6) is 0 Å². The van der Waals surface area contributed by atoms with E-state index in [-0.39, 0.29) is 12.5 Å². The molecule has 1 atom stereocenters. The van der Waals surface area contributed by atoms with E-state index in [2.05, 4.69) is 10.3 Å². The maximum absolute atomic E-state index is 10.3. The van der Waals surface area contributed by atoms with Gasteiger partial charge >= 0.3 is 5.97 Å². The zero-order valence-electron chi connectivity index (χ0n) is 7.40. The van der Waals surface area contributed by atoms with Crippen molar-refractivity contribution in [3.8, 4) is 0 Å². The fourth-order valence-electron chi connectivity index (χ4n) is 1.01. The standard InChI is InChI=1S/C9H12N2O2/c1-7(6-9(12)13)11-8-4-2-3-5-10-8/h2-5,7H,6H2,1H3,(H,10,11)(H,12,13). The van der Waals surface area contributed by atoms with Gasteiger partial charge in [0, 0.05) is 12.2 Å². The number of hydrogen-bond donors (Lipinski definition) is 2. The molecule has 2 N–H and O–H groups in total. The van der Waals surface area contributed by atoms with Crippen LogP contribution in [0.1, 0.15) is 13.3 Å². The summed E-state index contributed by atoms with van der Waals surface area (Å²) in [6.07, 6.45) is 1.76. The molecule has 0 fully saturated rings. The van der Waals surface area contributed by atoms with Crippen molar-refractivity contribution in [3.63, 3.8) is 0 Å². The Morgan fingerprint density at radius 3 is 3.00 bits per heavy atom. The molecule has 0 bridgehead atoms. The number of carboxylic acid groups (broad SMARTS) is 1. The smallest absolute Gasteiger partial charge is 0.305 e. The third-order valence-electron chi connectivity index (χ3n) is 1.54. The van der Waals surface area contributed by atoms with Crippen LogP contribution in [0, 0.1) is 0 Å². The van der Waals surface area contributed by atoms with Crippen LogP contribution in [0.15, 0.2) is 24.4 Å². The molecule has 4 heteroatoms. The molecule has 0 amide bonds. The van der Waals surface area contributed by atoms with Crippen molar-refractivity contribution in [2.75, 3.05) is 5.32 Å². The monoisotopic (exact) mass is 180 g/mol. The van der Waals surface area contributed by atoms with E-state index in [1.165, 1.54) is 0 Å². The summed E-state index contributed by atoms with van der Waals surface area (Å²) >= 11 is 0. The Labute approximate surface area is 76.6 Å². The SMILES string of the molecule is CC(CC(=O)O)Nc1ccccn1. The van der Waals surface area contributed by atoms with Crippen molar-refractivity contribution in [1.82, 2.24) is 4.98 Å². The van der Waals surface area contributed by atoms with Gasteiger partial charge in [-0.15, -0.1) is 0 Å². The van der Waals surface area contributed by atoms with E-state index in [1.54, 1.807) is 12.3 Å². The highest BCUT2D eigenvalue weighted by molar-refractivity contribution is 5.68. The van der Waals surface area contributed by atoms with Crippen molar-refractivity contribution in [3.05, 3.63) is 24.4 Å². The first-order chi connectivity index (χ1) is 6.18. The van der Waals surface area contributed by atoms with Crippen LogP contribution in [0.2, 0.25) is 0 Å². The highest BCUT2D eigenvalue weighted by atomic mass is 16.4. The van der Waals surface area contributed by atoms with E-state index in [9.17, 15) is 4.79 Å². The Bertz CT molecular complexity index is 274. The van der Waals surface area contributed by atoms with Crippen molar-refractivity contribution < 1.29 is 9.90 Å². The molecule has 1 unspecified atom stereocenters. The van der Waals surface area contributed by atoms with Gasteiger partial charge in [0.15, 0.2) is 0 Å². The normalized spacial score (nSPS) is 12.1. The van der Waals surface area contributed by atoms with Crippen LogP contribution in [0.4, 0.5) is 5.82 Å². The zero-order valence-corrected chi connectivity index (χ0v) is 7.40. The minimum Gasteiger partial charge on any atom is -0.481 e. The minimum absolute atomic E-state index is 0.0938. The second kappa shape index (κ2) is 4.45. The number of nitrogens with zero attached hydrogens (tertiary/aromatic N) is 1. The molecule has 0 aromatic carbocycles. The molecule has 0 aliphatic heterocycles. The second-order valence-corrected chi connectivity index (χ2v) is 2.86. The van der Waals surface area contributed by atoms with Gasteiger partial charge in [-0.3, -0.25) is 4.79 Å². The molecule has 13 heavy (non-hydrogen) atoms. The number of nitrogens with one attached hydrogen (secondary N) is 1. The summed E-state index contributed by atoms with van der Waals surface area (Å²) in [6.45, 7) is 1.81. The molecular weight excluding hydrogens is 168 g/mol. The quantitative estimate of drug-likeness (QED) is 0.734. The van der Waals surface area contributed by atoms with Crippen LogP contribution in [0.25, 0.3) is 0 Å². The van der Waals surface area contributed by atoms with Gasteiger partial charge in [-0.2, -0.15) is 0 Å². The molecule has 0 saturated carbocycles. The van der Waals surface area contributed by atoms with Gasteiger partial charge in [0.05, 0.1) is 6.42 Å². The molecule has 0 radical (unpaired) electrons. The maximum atomic E-state index is 10.3. The summed E-state index contributed by atoms with van der Waals surface area (Å²) in [4.78, 5) is 14.4. The van der Waals surface area contributed by atoms with Crippen molar-refractivity contribution >= 4 is 11.8 Å². The van der Waals surface area contributed by atoms with Crippen LogP contribution >= 0.6 is 0 Å². The number of rotatable bonds is 4. The molecule has 0 aliphatic carbocycles. The highest BCUT2D eigenvalue weighted by Crippen LogP contribution is 2.04. The molecule has 1 heterocycles. The van der Waals surface area contributed by atoms with Crippen LogP contribution in [-0.4, -0.2) is 22.1 Å². The highest BCUT2D eigenvalue weighted by Gasteiger charge is 2.06. The van der Waals surface area contributed by atoms with E-state index in [1.807, 2.05) is 19.1 Å². The molecule has 0 spiro atoms. The van der Waals surface area contributed by atoms with Crippen LogP contribution in [0.3, 0.4) is 0 Å². The van der Waals surface area contributed by atoms with E-state index in [0.717, 1.165) is 0 Å². The Morgan fingerprint density at radius 2 is 2.46 bits per heavy atom. The lowest BCUT2D eigenvalue weighted by Crippen LogP contribution is -2.19. The van der Waals surface area contributed by atoms with Gasteiger partial charge in [0.2, 0.25) is 0 Å². The third-order valence-corrected chi connectivity index (χ3v) is 1.54. The summed E-state index contributed by atoms with van der Waals surface area (Å²) < 4.78 is 0. The first-order valence-electron chi connectivity index (χ1n) is 4.08. The van der Waals surface area contributed by atoms with E-state index in [0.29, 0.717) is 5.82 Å². The van der Waals surface area contributed by atoms with Gasteiger partial charge in [-0.25, -0.2) is 4.98 Å². The Kier molecular flexibility index (Phi) is 3.25. The summed E-state index contributed by atoms with van der Waals surface area (Å²) in [7, 11) is 0.